The minimum atomic E-state index is 0. The van der Waals surface area contributed by atoms with E-state index >= 15 is 0 Å². The number of nitrogens with one attached hydrogen (secondary N) is 1. The lowest BCUT2D eigenvalue weighted by Gasteiger charge is -1.98. The van der Waals surface area contributed by atoms with E-state index in [0.29, 0.717) is 0 Å². The monoisotopic (exact) mass is 227 g/mol. The summed E-state index contributed by atoms with van der Waals surface area (Å²) in [5.41, 5.74) is 1.24. The molecule has 84 valence electrons. The highest BCUT2D eigenvalue weighted by Gasteiger charge is 1.83. The van der Waals surface area contributed by atoms with E-state index in [2.05, 4.69) is 29.6 Å². The molecule has 0 aliphatic carbocycles. The molecule has 0 radical (unpaired) electrons. The van der Waals surface area contributed by atoms with Crippen molar-refractivity contribution in [2.75, 3.05) is 26.8 Å². The third kappa shape index (κ3) is 7.14. The van der Waals surface area contributed by atoms with Gasteiger partial charge in [-0.05, 0) is 5.56 Å². The quantitative estimate of drug-likeness (QED) is 0.754. The Labute approximate surface area is 97.7 Å². The van der Waals surface area contributed by atoms with E-state index in [0.717, 1.165) is 19.7 Å². The fraction of sp³-hybridized carbons (Fsp3) is 0.333. The second kappa shape index (κ2) is 9.71. The number of rotatable bonds is 6. The summed E-state index contributed by atoms with van der Waals surface area (Å²) in [4.78, 5) is 0. The summed E-state index contributed by atoms with van der Waals surface area (Å²) in [6.45, 7) is 2.55. The maximum atomic E-state index is 4.92. The van der Waals surface area contributed by atoms with Crippen LogP contribution in [-0.2, 0) is 4.74 Å². The summed E-state index contributed by atoms with van der Waals surface area (Å²) in [5.74, 6) is 0. The third-order valence-electron chi connectivity index (χ3n) is 1.86. The fourth-order valence-electron chi connectivity index (χ4n) is 1.12. The number of ether oxygens (including phenoxy) is 1. The topological polar surface area (TPSA) is 21.3 Å². The molecule has 2 nitrogen and oxygen atoms in total. The molecular weight excluding hydrogens is 210 g/mol. The van der Waals surface area contributed by atoms with E-state index in [1.165, 1.54) is 5.56 Å². The van der Waals surface area contributed by atoms with Gasteiger partial charge >= 0.3 is 0 Å². The molecular formula is C12H18ClNO. The Balaban J connectivity index is 0.00000196. The van der Waals surface area contributed by atoms with Gasteiger partial charge in [0.15, 0.2) is 0 Å². The van der Waals surface area contributed by atoms with Crippen molar-refractivity contribution in [3.8, 4) is 0 Å². The Kier molecular flexibility index (Phi) is 9.18. The van der Waals surface area contributed by atoms with Crippen LogP contribution in [0.5, 0.6) is 0 Å². The number of hydrogen-bond donors (Lipinski definition) is 1. The second-order valence-electron chi connectivity index (χ2n) is 3.01. The van der Waals surface area contributed by atoms with Gasteiger partial charge < -0.3 is 10.1 Å². The molecule has 0 fully saturated rings. The van der Waals surface area contributed by atoms with Crippen LogP contribution in [0.25, 0.3) is 6.08 Å². The van der Waals surface area contributed by atoms with Crippen molar-refractivity contribution >= 4 is 18.5 Å². The molecule has 0 aliphatic rings. The van der Waals surface area contributed by atoms with E-state index in [4.69, 9.17) is 4.74 Å². The van der Waals surface area contributed by atoms with Crippen molar-refractivity contribution in [2.45, 2.75) is 0 Å². The normalized spacial score (nSPS) is 10.2. The summed E-state index contributed by atoms with van der Waals surface area (Å²) < 4.78 is 4.92. The van der Waals surface area contributed by atoms with Crippen LogP contribution in [0.2, 0.25) is 0 Å². The number of halogens is 1. The Hall–Kier alpha value is -0.830. The van der Waals surface area contributed by atoms with Gasteiger partial charge in [0.25, 0.3) is 0 Å². The number of methoxy groups -OCH3 is 1. The van der Waals surface area contributed by atoms with Gasteiger partial charge in [-0.2, -0.15) is 0 Å². The maximum Gasteiger partial charge on any atom is 0.0587 e. The van der Waals surface area contributed by atoms with Crippen LogP contribution in [0.15, 0.2) is 36.4 Å². The van der Waals surface area contributed by atoms with Crippen LogP contribution in [0, 0.1) is 0 Å². The molecule has 1 aromatic carbocycles. The molecule has 0 bridgehead atoms. The number of benzene rings is 1. The first-order chi connectivity index (χ1) is 6.93. The van der Waals surface area contributed by atoms with E-state index in [1.54, 1.807) is 7.11 Å². The van der Waals surface area contributed by atoms with Crippen LogP contribution >= 0.6 is 12.4 Å². The Morgan fingerprint density at radius 2 is 2.00 bits per heavy atom. The minimum Gasteiger partial charge on any atom is -0.383 e. The van der Waals surface area contributed by atoms with Crippen molar-refractivity contribution in [3.05, 3.63) is 42.0 Å². The van der Waals surface area contributed by atoms with Crippen LogP contribution in [0.3, 0.4) is 0 Å². The van der Waals surface area contributed by atoms with Gasteiger partial charge in [-0.3, -0.25) is 0 Å². The molecule has 0 heterocycles. The summed E-state index contributed by atoms with van der Waals surface area (Å²) >= 11 is 0. The largest absolute Gasteiger partial charge is 0.383 e. The molecule has 15 heavy (non-hydrogen) atoms. The SMILES string of the molecule is COCCNCC=Cc1ccccc1.Cl. The zero-order valence-electron chi connectivity index (χ0n) is 8.98. The smallest absolute Gasteiger partial charge is 0.0587 e. The first-order valence-electron chi connectivity index (χ1n) is 4.84. The Morgan fingerprint density at radius 1 is 1.27 bits per heavy atom. The lowest BCUT2D eigenvalue weighted by Crippen LogP contribution is -2.18. The van der Waals surface area contributed by atoms with Crippen LogP contribution in [0.4, 0.5) is 0 Å². The lowest BCUT2D eigenvalue weighted by atomic mass is 10.2. The van der Waals surface area contributed by atoms with Gasteiger partial charge in [0.1, 0.15) is 0 Å². The molecule has 0 atom stereocenters. The molecule has 0 aliphatic heterocycles. The van der Waals surface area contributed by atoms with Gasteiger partial charge in [0.2, 0.25) is 0 Å². The van der Waals surface area contributed by atoms with Gasteiger partial charge in [-0.25, -0.2) is 0 Å². The molecule has 1 aromatic rings. The molecule has 1 rings (SSSR count). The first-order valence-corrected chi connectivity index (χ1v) is 4.84. The summed E-state index contributed by atoms with van der Waals surface area (Å²) in [6, 6.07) is 10.3. The van der Waals surface area contributed by atoms with Gasteiger partial charge in [0.05, 0.1) is 6.61 Å². The highest BCUT2D eigenvalue weighted by molar-refractivity contribution is 5.85. The van der Waals surface area contributed by atoms with E-state index < -0.39 is 0 Å². The maximum absolute atomic E-state index is 4.92. The predicted octanol–water partition coefficient (Wildman–Crippen LogP) is 2.36. The molecule has 3 heteroatoms. The van der Waals surface area contributed by atoms with Crippen molar-refractivity contribution < 1.29 is 4.74 Å². The Bertz CT molecular complexity index is 262. The van der Waals surface area contributed by atoms with Crippen molar-refractivity contribution in [3.63, 3.8) is 0 Å². The van der Waals surface area contributed by atoms with E-state index in [1.807, 2.05) is 18.2 Å². The van der Waals surface area contributed by atoms with Crippen molar-refractivity contribution in [1.29, 1.82) is 0 Å². The predicted molar refractivity (Wildman–Crippen MR) is 67.5 cm³/mol. The standard InChI is InChI=1S/C12H17NO.ClH/c1-14-11-10-13-9-5-8-12-6-3-2-4-7-12;/h2-8,13H,9-11H2,1H3;1H. The second-order valence-corrected chi connectivity index (χ2v) is 3.01. The molecule has 0 aromatic heterocycles. The highest BCUT2D eigenvalue weighted by atomic mass is 35.5. The van der Waals surface area contributed by atoms with Crippen molar-refractivity contribution in [2.24, 2.45) is 0 Å². The van der Waals surface area contributed by atoms with E-state index in [9.17, 15) is 0 Å². The summed E-state index contributed by atoms with van der Waals surface area (Å²) in [5, 5.41) is 3.24. The first kappa shape index (κ1) is 14.2. The average molecular weight is 228 g/mol. The van der Waals surface area contributed by atoms with Crippen LogP contribution in [0.1, 0.15) is 5.56 Å². The van der Waals surface area contributed by atoms with E-state index in [-0.39, 0.29) is 12.4 Å². The molecule has 1 N–H and O–H groups in total. The molecule has 0 saturated heterocycles. The number of hydrogen-bond acceptors (Lipinski definition) is 2. The molecule has 0 saturated carbocycles. The third-order valence-corrected chi connectivity index (χ3v) is 1.86. The van der Waals surface area contributed by atoms with Crippen LogP contribution < -0.4 is 5.32 Å². The van der Waals surface area contributed by atoms with Gasteiger partial charge in [-0.15, -0.1) is 12.4 Å². The average Bonchev–Trinajstić information content (AvgIpc) is 2.25. The van der Waals surface area contributed by atoms with Crippen molar-refractivity contribution in [1.82, 2.24) is 5.32 Å². The summed E-state index contributed by atoms with van der Waals surface area (Å²) in [7, 11) is 1.71. The zero-order chi connectivity index (χ0) is 10.1. The van der Waals surface area contributed by atoms with Gasteiger partial charge in [0, 0.05) is 20.2 Å². The fourth-order valence-corrected chi connectivity index (χ4v) is 1.12. The van der Waals surface area contributed by atoms with Crippen LogP contribution in [-0.4, -0.2) is 26.8 Å². The molecule has 0 spiro atoms. The molecule has 0 amide bonds. The lowest BCUT2D eigenvalue weighted by molar-refractivity contribution is 0.200. The minimum absolute atomic E-state index is 0. The summed E-state index contributed by atoms with van der Waals surface area (Å²) in [6.07, 6.45) is 4.23. The molecule has 0 unspecified atom stereocenters. The van der Waals surface area contributed by atoms with Gasteiger partial charge in [-0.1, -0.05) is 42.5 Å². The zero-order valence-corrected chi connectivity index (χ0v) is 9.80. The Morgan fingerprint density at radius 3 is 2.67 bits per heavy atom. The highest BCUT2D eigenvalue weighted by Crippen LogP contribution is 1.99.